The molecule has 9 unspecified atom stereocenters. The van der Waals surface area contributed by atoms with Crippen molar-refractivity contribution in [2.75, 3.05) is 0 Å². The summed E-state index contributed by atoms with van der Waals surface area (Å²) < 4.78 is 0. The fraction of sp³-hybridized carbons (Fsp3) is 0.967. The van der Waals surface area contributed by atoms with Crippen LogP contribution >= 0.6 is 0 Å². The number of aliphatic hydroxyl groups is 1. The second kappa shape index (κ2) is 6.64. The monoisotopic (exact) mass is 442 g/mol. The predicted molar refractivity (Wildman–Crippen MR) is 131 cm³/mol. The van der Waals surface area contributed by atoms with Crippen LogP contribution in [-0.4, -0.2) is 17.0 Å². The van der Waals surface area contributed by atoms with Crippen LogP contribution in [-0.2, 0) is 4.79 Å². The fourth-order valence-corrected chi connectivity index (χ4v) is 11.6. The number of rotatable bonds is 0. The standard InChI is InChI=1S/C30H50O2/c1-25(2)15-16-27(5)12-9-21-28(6)13-10-20-26(3,4)24(32)19(31)17-30(20,8)22(28)11-14-29(21,7)23(27)18-25/h19-23,31H,9-18H2,1-8H3. The zero-order valence-corrected chi connectivity index (χ0v) is 22.3. The Morgan fingerprint density at radius 2 is 1.16 bits per heavy atom. The van der Waals surface area contributed by atoms with E-state index >= 15 is 0 Å². The maximum atomic E-state index is 13.0. The van der Waals surface area contributed by atoms with Gasteiger partial charge in [0.15, 0.2) is 5.78 Å². The Morgan fingerprint density at radius 3 is 1.81 bits per heavy atom. The van der Waals surface area contributed by atoms with E-state index in [1.54, 1.807) is 0 Å². The first-order chi connectivity index (χ1) is 14.6. The van der Waals surface area contributed by atoms with Gasteiger partial charge in [0.1, 0.15) is 6.10 Å². The first-order valence-electron chi connectivity index (χ1n) is 13.8. The number of hydrogen-bond donors (Lipinski definition) is 1. The van der Waals surface area contributed by atoms with Crippen LogP contribution < -0.4 is 0 Å². The van der Waals surface area contributed by atoms with Gasteiger partial charge in [-0.25, -0.2) is 0 Å². The molecule has 0 aromatic rings. The molecule has 0 radical (unpaired) electrons. The van der Waals surface area contributed by atoms with Crippen molar-refractivity contribution in [1.82, 2.24) is 0 Å². The highest BCUT2D eigenvalue weighted by atomic mass is 16.3. The minimum absolute atomic E-state index is 0.0811. The van der Waals surface area contributed by atoms with Gasteiger partial charge in [-0.2, -0.15) is 0 Å². The molecule has 0 bridgehead atoms. The number of carbonyl (C=O) groups excluding carboxylic acids is 1. The number of fused-ring (bicyclic) bond motifs is 7. The molecule has 5 aliphatic carbocycles. The van der Waals surface area contributed by atoms with Crippen molar-refractivity contribution < 1.29 is 9.90 Å². The van der Waals surface area contributed by atoms with E-state index in [0.717, 1.165) is 18.3 Å². The van der Waals surface area contributed by atoms with Gasteiger partial charge in [-0.1, -0.05) is 55.4 Å². The molecule has 5 rings (SSSR count). The lowest BCUT2D eigenvalue weighted by Gasteiger charge is -2.72. The average Bonchev–Trinajstić information content (AvgIpc) is 2.67. The Labute approximate surface area is 197 Å². The Balaban J connectivity index is 1.53. The molecule has 0 aliphatic heterocycles. The molecule has 0 aromatic heterocycles. The summed E-state index contributed by atoms with van der Waals surface area (Å²) in [5.41, 5.74) is 1.48. The third-order valence-electron chi connectivity index (χ3n) is 13.1. The Kier molecular flexibility index (Phi) is 4.85. The van der Waals surface area contributed by atoms with Crippen molar-refractivity contribution in [3.8, 4) is 0 Å². The van der Waals surface area contributed by atoms with Crippen LogP contribution in [0.2, 0.25) is 0 Å². The van der Waals surface area contributed by atoms with Gasteiger partial charge in [0.05, 0.1) is 0 Å². The van der Waals surface area contributed by atoms with Crippen LogP contribution in [0.3, 0.4) is 0 Å². The minimum atomic E-state index is -0.768. The minimum Gasteiger partial charge on any atom is -0.385 e. The summed E-state index contributed by atoms with van der Waals surface area (Å²) >= 11 is 0. The smallest absolute Gasteiger partial charge is 0.167 e. The summed E-state index contributed by atoms with van der Waals surface area (Å²) in [5, 5.41) is 10.9. The summed E-state index contributed by atoms with van der Waals surface area (Å²) in [7, 11) is 0. The van der Waals surface area contributed by atoms with E-state index in [1.807, 2.05) is 0 Å². The number of aliphatic hydroxyl groups excluding tert-OH is 1. The van der Waals surface area contributed by atoms with Crippen LogP contribution in [0.5, 0.6) is 0 Å². The third-order valence-corrected chi connectivity index (χ3v) is 13.1. The number of hydrogen-bond acceptors (Lipinski definition) is 2. The Hall–Kier alpha value is -0.370. The summed E-state index contributed by atoms with van der Waals surface area (Å²) in [5.74, 6) is 2.78. The molecule has 0 heterocycles. The van der Waals surface area contributed by atoms with E-state index in [2.05, 4.69) is 55.4 Å². The lowest BCUT2D eigenvalue weighted by atomic mass is 9.32. The molecule has 2 heteroatoms. The number of Topliss-reactive ketones (excluding diaryl/α,β-unsaturated/α-hetero) is 1. The van der Waals surface area contributed by atoms with Crippen molar-refractivity contribution >= 4 is 5.78 Å². The van der Waals surface area contributed by atoms with Crippen molar-refractivity contribution in [2.45, 2.75) is 126 Å². The largest absolute Gasteiger partial charge is 0.385 e. The molecule has 5 aliphatic rings. The second-order valence-corrected chi connectivity index (χ2v) is 15.7. The van der Waals surface area contributed by atoms with E-state index < -0.39 is 11.5 Å². The lowest BCUT2D eigenvalue weighted by molar-refractivity contribution is -0.238. The van der Waals surface area contributed by atoms with Crippen molar-refractivity contribution in [2.24, 2.45) is 56.2 Å². The first kappa shape index (κ1) is 23.4. The molecule has 32 heavy (non-hydrogen) atoms. The normalized spacial score (nSPS) is 56.4. The summed E-state index contributed by atoms with van der Waals surface area (Å²) in [4.78, 5) is 13.0. The van der Waals surface area contributed by atoms with E-state index in [9.17, 15) is 9.90 Å². The van der Waals surface area contributed by atoms with Gasteiger partial charge in [0.25, 0.3) is 0 Å². The van der Waals surface area contributed by atoms with E-state index in [0.29, 0.717) is 39.9 Å². The quantitative estimate of drug-likeness (QED) is 0.423. The van der Waals surface area contributed by atoms with Crippen LogP contribution in [0.15, 0.2) is 0 Å². The second-order valence-electron chi connectivity index (χ2n) is 15.7. The molecule has 182 valence electrons. The Bertz CT molecular complexity index is 812. The summed E-state index contributed by atoms with van der Waals surface area (Å²) in [6, 6.07) is 0. The molecular formula is C30H50O2. The van der Waals surface area contributed by atoms with Crippen molar-refractivity contribution in [3.63, 3.8) is 0 Å². The SMILES string of the molecule is CC1(C)CCC2(C)CCC3C(C)(CCC4C5(C)CC(O)C(=O)C(C)(C)C5CCC34C)C2C1. The van der Waals surface area contributed by atoms with Crippen molar-refractivity contribution in [1.29, 1.82) is 0 Å². The van der Waals surface area contributed by atoms with Gasteiger partial charge in [-0.15, -0.1) is 0 Å². The van der Waals surface area contributed by atoms with Crippen LogP contribution in [0.4, 0.5) is 0 Å². The van der Waals surface area contributed by atoms with Gasteiger partial charge < -0.3 is 5.11 Å². The van der Waals surface area contributed by atoms with Gasteiger partial charge in [-0.05, 0) is 115 Å². The average molecular weight is 443 g/mol. The molecule has 0 saturated heterocycles. The molecular weight excluding hydrogens is 392 g/mol. The third kappa shape index (κ3) is 2.83. The van der Waals surface area contributed by atoms with E-state index in [4.69, 9.17) is 0 Å². The molecule has 0 aromatic carbocycles. The van der Waals surface area contributed by atoms with Crippen LogP contribution in [0.1, 0.15) is 120 Å². The maximum Gasteiger partial charge on any atom is 0.167 e. The summed E-state index contributed by atoms with van der Waals surface area (Å²) in [6.07, 6.45) is 12.0. The Morgan fingerprint density at radius 1 is 0.625 bits per heavy atom. The van der Waals surface area contributed by atoms with Crippen LogP contribution in [0, 0.1) is 56.2 Å². The zero-order chi connectivity index (χ0) is 23.5. The molecule has 5 fully saturated rings. The topological polar surface area (TPSA) is 37.3 Å². The lowest BCUT2D eigenvalue weighted by Crippen LogP contribution is -2.67. The maximum absolute atomic E-state index is 13.0. The number of ketones is 1. The first-order valence-corrected chi connectivity index (χ1v) is 13.8. The molecule has 0 spiro atoms. The van der Waals surface area contributed by atoms with Gasteiger partial charge >= 0.3 is 0 Å². The molecule has 2 nitrogen and oxygen atoms in total. The highest BCUT2D eigenvalue weighted by Crippen LogP contribution is 2.76. The van der Waals surface area contributed by atoms with Crippen LogP contribution in [0.25, 0.3) is 0 Å². The molecule has 5 saturated carbocycles. The highest BCUT2D eigenvalue weighted by Gasteiger charge is 2.69. The van der Waals surface area contributed by atoms with Gasteiger partial charge in [0.2, 0.25) is 0 Å². The van der Waals surface area contributed by atoms with Gasteiger partial charge in [-0.3, -0.25) is 4.79 Å². The zero-order valence-electron chi connectivity index (χ0n) is 22.3. The fourth-order valence-electron chi connectivity index (χ4n) is 11.6. The summed E-state index contributed by atoms with van der Waals surface area (Å²) in [6.45, 7) is 19.7. The van der Waals surface area contributed by atoms with Crippen molar-refractivity contribution in [3.05, 3.63) is 0 Å². The van der Waals surface area contributed by atoms with E-state index in [-0.39, 0.29) is 11.2 Å². The van der Waals surface area contributed by atoms with Gasteiger partial charge in [0, 0.05) is 5.41 Å². The molecule has 9 atom stereocenters. The highest BCUT2D eigenvalue weighted by molar-refractivity contribution is 5.89. The predicted octanol–water partition coefficient (Wildman–Crippen LogP) is 7.43. The molecule has 0 amide bonds. The molecule has 1 N–H and O–H groups in total. The van der Waals surface area contributed by atoms with E-state index in [1.165, 1.54) is 51.4 Å². The number of carbonyl (C=O) groups is 1.